The number of thioether (sulfide) groups is 1. The molecule has 2 aromatic carbocycles. The van der Waals surface area contributed by atoms with Crippen molar-refractivity contribution in [2.45, 2.75) is 46.1 Å². The molecule has 0 aliphatic carbocycles. The Bertz CT molecular complexity index is 1240. The van der Waals surface area contributed by atoms with E-state index in [0.29, 0.717) is 6.61 Å². The highest BCUT2D eigenvalue weighted by atomic mass is 79.9. The van der Waals surface area contributed by atoms with Gasteiger partial charge in [0.15, 0.2) is 4.24 Å². The van der Waals surface area contributed by atoms with Crippen LogP contribution in [0.25, 0.3) is 28.2 Å². The molecule has 0 N–H and O–H groups in total. The summed E-state index contributed by atoms with van der Waals surface area (Å²) in [5.74, 6) is 0.722. The molecule has 2 heterocycles. The SMILES string of the molecule is CCCCCC.CSC(=Cc1cccc(-c2ccoc2)c1OCc1cc(Br)c2occc2c1)[S+](C)[O-]. The Hall–Kier alpha value is -2.06. The third kappa shape index (κ3) is 7.72. The molecule has 0 spiro atoms. The molecule has 0 aliphatic rings. The molecule has 4 nitrogen and oxygen atoms in total. The lowest BCUT2D eigenvalue weighted by Crippen LogP contribution is -2.01. The van der Waals surface area contributed by atoms with Crippen molar-refractivity contribution >= 4 is 55.9 Å². The van der Waals surface area contributed by atoms with Crippen LogP contribution in [0.1, 0.15) is 50.7 Å². The van der Waals surface area contributed by atoms with Crippen molar-refractivity contribution in [3.63, 3.8) is 0 Å². The molecule has 0 bridgehead atoms. The van der Waals surface area contributed by atoms with Crippen LogP contribution >= 0.6 is 27.7 Å². The van der Waals surface area contributed by atoms with Gasteiger partial charge in [0.2, 0.25) is 0 Å². The normalized spacial score (nSPS) is 12.3. The molecule has 2 aromatic heterocycles. The predicted octanol–water partition coefficient (Wildman–Crippen LogP) is 9.66. The van der Waals surface area contributed by atoms with Gasteiger partial charge in [0, 0.05) is 28.2 Å². The average molecular weight is 590 g/mol. The van der Waals surface area contributed by atoms with Crippen LogP contribution in [0.4, 0.5) is 0 Å². The highest BCUT2D eigenvalue weighted by molar-refractivity contribution is 9.10. The first-order valence-electron chi connectivity index (χ1n) is 12.0. The van der Waals surface area contributed by atoms with Gasteiger partial charge in [-0.3, -0.25) is 0 Å². The van der Waals surface area contributed by atoms with Gasteiger partial charge in [-0.2, -0.15) is 0 Å². The molecule has 0 aliphatic heterocycles. The van der Waals surface area contributed by atoms with Crippen molar-refractivity contribution < 1.29 is 18.1 Å². The summed E-state index contributed by atoms with van der Waals surface area (Å²) in [4.78, 5) is 0. The second-order valence-corrected chi connectivity index (χ2v) is 11.6. The van der Waals surface area contributed by atoms with Gasteiger partial charge < -0.3 is 18.1 Å². The van der Waals surface area contributed by atoms with E-state index in [9.17, 15) is 4.55 Å². The van der Waals surface area contributed by atoms with Crippen LogP contribution in [-0.2, 0) is 17.8 Å². The molecule has 0 fully saturated rings. The van der Waals surface area contributed by atoms with Gasteiger partial charge >= 0.3 is 0 Å². The Morgan fingerprint density at radius 3 is 2.53 bits per heavy atom. The summed E-state index contributed by atoms with van der Waals surface area (Å²) in [6.07, 6.45) is 16.1. The summed E-state index contributed by atoms with van der Waals surface area (Å²) in [6.45, 7) is 4.84. The van der Waals surface area contributed by atoms with Crippen molar-refractivity contribution in [3.05, 3.63) is 81.1 Å². The molecule has 1 unspecified atom stereocenters. The minimum Gasteiger partial charge on any atom is -0.611 e. The summed E-state index contributed by atoms with van der Waals surface area (Å²) in [6, 6.07) is 13.8. The van der Waals surface area contributed by atoms with Crippen molar-refractivity contribution in [2.24, 2.45) is 0 Å². The van der Waals surface area contributed by atoms with Gasteiger partial charge in [-0.05, 0) is 63.2 Å². The lowest BCUT2D eigenvalue weighted by Gasteiger charge is -2.15. The van der Waals surface area contributed by atoms with E-state index in [1.807, 2.05) is 54.8 Å². The molecular weight excluding hydrogens is 556 g/mol. The molecule has 0 radical (unpaired) electrons. The third-order valence-electron chi connectivity index (χ3n) is 5.54. The van der Waals surface area contributed by atoms with Crippen LogP contribution in [0, 0.1) is 0 Å². The lowest BCUT2D eigenvalue weighted by atomic mass is 10.0. The Morgan fingerprint density at radius 1 is 1.11 bits per heavy atom. The number of halogens is 1. The highest BCUT2D eigenvalue weighted by Crippen LogP contribution is 2.37. The molecule has 0 saturated carbocycles. The van der Waals surface area contributed by atoms with Crippen molar-refractivity contribution in [1.29, 1.82) is 0 Å². The Labute approximate surface area is 229 Å². The number of para-hydroxylation sites is 1. The first-order chi connectivity index (χ1) is 17.5. The fraction of sp³-hybridized carbons (Fsp3) is 0.310. The van der Waals surface area contributed by atoms with E-state index in [-0.39, 0.29) is 0 Å². The third-order valence-corrected chi connectivity index (χ3v) is 8.54. The molecule has 192 valence electrons. The number of furan rings is 2. The number of benzene rings is 2. The highest BCUT2D eigenvalue weighted by Gasteiger charge is 2.16. The maximum Gasteiger partial charge on any atom is 0.186 e. The second kappa shape index (κ2) is 14.6. The number of rotatable bonds is 10. The molecule has 0 amide bonds. The van der Waals surface area contributed by atoms with Crippen molar-refractivity contribution in [2.75, 3.05) is 12.5 Å². The molecule has 36 heavy (non-hydrogen) atoms. The van der Waals surface area contributed by atoms with E-state index in [0.717, 1.165) is 47.7 Å². The van der Waals surface area contributed by atoms with Crippen molar-refractivity contribution in [3.8, 4) is 16.9 Å². The largest absolute Gasteiger partial charge is 0.611 e. The zero-order valence-electron chi connectivity index (χ0n) is 21.2. The summed E-state index contributed by atoms with van der Waals surface area (Å²) >= 11 is 3.96. The van der Waals surface area contributed by atoms with Gasteiger partial charge in [-0.15, -0.1) is 0 Å². The van der Waals surface area contributed by atoms with E-state index in [2.05, 4.69) is 29.8 Å². The average Bonchev–Trinajstić information content (AvgIpc) is 3.58. The van der Waals surface area contributed by atoms with E-state index in [1.54, 1.807) is 25.0 Å². The predicted molar refractivity (Wildman–Crippen MR) is 158 cm³/mol. The molecule has 0 saturated heterocycles. The zero-order chi connectivity index (χ0) is 25.9. The standard InChI is InChI=1S/C23H19BrO4S2.C6H14/c1-29-21(30(2)25)12-16-4-3-5-19(18-6-8-26-14-18)22(16)28-13-15-10-17-7-9-27-23(17)20(24)11-15;1-3-5-6-4-2/h3-12,14H,13H2,1-2H3;3-6H2,1-2H3. The van der Waals surface area contributed by atoms with Crippen LogP contribution in [0.15, 0.2) is 78.8 Å². The Kier molecular flexibility index (Phi) is 11.6. The summed E-state index contributed by atoms with van der Waals surface area (Å²) in [7, 11) is 0. The quantitative estimate of drug-likeness (QED) is 0.136. The molecule has 7 heteroatoms. The fourth-order valence-electron chi connectivity index (χ4n) is 3.70. The molecular formula is C29H33BrO4S2. The minimum absolute atomic E-state index is 0.374. The number of hydrogen-bond donors (Lipinski definition) is 0. The van der Waals surface area contributed by atoms with Crippen molar-refractivity contribution in [1.82, 2.24) is 0 Å². The van der Waals surface area contributed by atoms with Crippen LogP contribution in [0.5, 0.6) is 5.75 Å². The number of hydrogen-bond acceptors (Lipinski definition) is 5. The topological polar surface area (TPSA) is 58.6 Å². The van der Waals surface area contributed by atoms with Crippen LogP contribution in [-0.4, -0.2) is 17.1 Å². The molecule has 4 rings (SSSR count). The summed E-state index contributed by atoms with van der Waals surface area (Å²) in [5.41, 5.74) is 4.54. The maximum atomic E-state index is 12.1. The summed E-state index contributed by atoms with van der Waals surface area (Å²) < 4.78 is 30.9. The van der Waals surface area contributed by atoms with Gasteiger partial charge in [-0.1, -0.05) is 69.5 Å². The maximum absolute atomic E-state index is 12.1. The van der Waals surface area contributed by atoms with E-state index in [1.165, 1.54) is 37.4 Å². The smallest absolute Gasteiger partial charge is 0.186 e. The van der Waals surface area contributed by atoms with Gasteiger partial charge in [0.1, 0.15) is 24.2 Å². The van der Waals surface area contributed by atoms with Crippen LogP contribution < -0.4 is 4.74 Å². The Balaban J connectivity index is 0.000000538. The van der Waals surface area contributed by atoms with Gasteiger partial charge in [0.05, 0.1) is 23.3 Å². The number of fused-ring (bicyclic) bond motifs is 1. The van der Waals surface area contributed by atoms with Crippen LogP contribution in [0.2, 0.25) is 0 Å². The second-order valence-electron chi connectivity index (χ2n) is 8.27. The van der Waals surface area contributed by atoms with Crippen LogP contribution in [0.3, 0.4) is 0 Å². The first kappa shape index (κ1) is 28.5. The number of unbranched alkanes of at least 4 members (excludes halogenated alkanes) is 3. The van der Waals surface area contributed by atoms with Gasteiger partial charge in [0.25, 0.3) is 0 Å². The number of ether oxygens (including phenoxy) is 1. The summed E-state index contributed by atoms with van der Waals surface area (Å²) in [5, 5.41) is 1.01. The lowest BCUT2D eigenvalue weighted by molar-refractivity contribution is 0.307. The Morgan fingerprint density at radius 2 is 1.89 bits per heavy atom. The van der Waals surface area contributed by atoms with Gasteiger partial charge in [-0.25, -0.2) is 0 Å². The van der Waals surface area contributed by atoms with E-state index in [4.69, 9.17) is 13.6 Å². The van der Waals surface area contributed by atoms with E-state index < -0.39 is 11.2 Å². The zero-order valence-corrected chi connectivity index (χ0v) is 24.4. The fourth-order valence-corrected chi connectivity index (χ4v) is 5.79. The molecule has 1 atom stereocenters. The minimum atomic E-state index is -1.08. The molecule has 4 aromatic rings. The monoisotopic (exact) mass is 588 g/mol. The first-order valence-corrected chi connectivity index (χ1v) is 15.6. The van der Waals surface area contributed by atoms with E-state index >= 15 is 0 Å².